The number of nitrogens with two attached hydrogens (primary N) is 2. The van der Waals surface area contributed by atoms with E-state index in [1.165, 1.54) is 22.8 Å². The summed E-state index contributed by atoms with van der Waals surface area (Å²) in [6.45, 7) is 17.2. The molecule has 0 radical (unpaired) electrons. The van der Waals surface area contributed by atoms with E-state index < -0.39 is 17.9 Å². The number of aryl methyl sites for hydroxylation is 2. The number of amides is 1. The van der Waals surface area contributed by atoms with Crippen molar-refractivity contribution >= 4 is 17.8 Å². The molecule has 13 heteroatoms. The summed E-state index contributed by atoms with van der Waals surface area (Å²) in [4.78, 5) is 16.0. The maximum absolute atomic E-state index is 14.2. The molecule has 3 aromatic rings. The molecule has 0 unspecified atom stereocenters. The van der Waals surface area contributed by atoms with E-state index in [4.69, 9.17) is 30.3 Å². The van der Waals surface area contributed by atoms with E-state index in [0.29, 0.717) is 30.1 Å². The number of ether oxygens (including phenoxy) is 3. The van der Waals surface area contributed by atoms with E-state index in [1.807, 2.05) is 39.0 Å². The number of primary amides is 1. The van der Waals surface area contributed by atoms with Gasteiger partial charge in [-0.05, 0) is 126 Å². The second kappa shape index (κ2) is 24.9. The van der Waals surface area contributed by atoms with Crippen LogP contribution in [0.3, 0.4) is 0 Å². The monoisotopic (exact) mass is 759 g/mol. The Labute approximate surface area is 318 Å². The zero-order chi connectivity index (χ0) is 40.7. The summed E-state index contributed by atoms with van der Waals surface area (Å²) in [6, 6.07) is 21.1. The topological polar surface area (TPSA) is 136 Å². The van der Waals surface area contributed by atoms with Crippen LogP contribution in [0.25, 0.3) is 0 Å². The van der Waals surface area contributed by atoms with Crippen molar-refractivity contribution < 1.29 is 36.6 Å². The first-order valence-electron chi connectivity index (χ1n) is 18.0. The zero-order valence-corrected chi connectivity index (χ0v) is 32.6. The first-order valence-corrected chi connectivity index (χ1v) is 18.0. The Morgan fingerprint density at radius 3 is 2.19 bits per heavy atom. The fourth-order valence-corrected chi connectivity index (χ4v) is 5.39. The predicted octanol–water partition coefficient (Wildman–Crippen LogP) is 8.87. The standard InChI is InChI=1S/C31H34FN3O.C5H13NO.C4H7F3O.CH3NO/c1-4-24-9-11-31(22(2)16-24)34-23(3)20-35-14-12-26(13-15-35)27-6-5-7-29(18-27)36-21-28-10-8-25(19-33)17-30(28)32;1-4-7-5(2,3)6;1-2-3-8-4(5,6)7;2-1-3/h5-11,16-18,26H,4,12-15,20-21H2,1-3H3;4,6H2,1-3H3;2-3H2,1H3;1H,(H2,2,3). The Kier molecular flexibility index (Phi) is 22.0. The Hall–Kier alpha value is -4.35. The summed E-state index contributed by atoms with van der Waals surface area (Å²) >= 11 is 0. The first kappa shape index (κ1) is 47.7. The van der Waals surface area contributed by atoms with Gasteiger partial charge in [0.25, 0.3) is 0 Å². The van der Waals surface area contributed by atoms with Crippen molar-refractivity contribution in [3.63, 3.8) is 0 Å². The number of carbonyl (C=O) groups is 1. The lowest BCUT2D eigenvalue weighted by atomic mass is 9.89. The van der Waals surface area contributed by atoms with Crippen LogP contribution in [0.1, 0.15) is 94.5 Å². The summed E-state index contributed by atoms with van der Waals surface area (Å²) < 4.78 is 61.5. The number of benzene rings is 3. The highest BCUT2D eigenvalue weighted by Gasteiger charge is 2.28. The molecular weight excluding hydrogens is 702 g/mol. The maximum Gasteiger partial charge on any atom is 0.522 e. The summed E-state index contributed by atoms with van der Waals surface area (Å²) in [7, 11) is 0. The van der Waals surface area contributed by atoms with Crippen molar-refractivity contribution in [2.24, 2.45) is 16.5 Å². The van der Waals surface area contributed by atoms with E-state index in [0.717, 1.165) is 56.0 Å². The van der Waals surface area contributed by atoms with Crippen molar-refractivity contribution in [3.8, 4) is 11.8 Å². The summed E-state index contributed by atoms with van der Waals surface area (Å²) in [5.74, 6) is 0.813. The molecule has 4 N–H and O–H groups in total. The summed E-state index contributed by atoms with van der Waals surface area (Å²) in [5.41, 5.74) is 16.0. The SMILES string of the molecule is CCCOC(F)(F)F.CCOC(C)(C)N.CCc1ccc(N=C(C)CN2CCC(c3cccc(OCc4ccc(C#N)cc4F)c3)CC2)c(C)c1.NC=O. The predicted molar refractivity (Wildman–Crippen MR) is 206 cm³/mol. The summed E-state index contributed by atoms with van der Waals surface area (Å²) in [6.07, 6.45) is -0.588. The second-order valence-electron chi connectivity index (χ2n) is 13.1. The highest BCUT2D eigenvalue weighted by molar-refractivity contribution is 5.86. The molecule has 1 amide bonds. The van der Waals surface area contributed by atoms with Crippen LogP contribution in [0.4, 0.5) is 23.2 Å². The van der Waals surface area contributed by atoms with E-state index >= 15 is 0 Å². The van der Waals surface area contributed by atoms with Crippen LogP contribution >= 0.6 is 0 Å². The van der Waals surface area contributed by atoms with Gasteiger partial charge in [0.15, 0.2) is 0 Å². The number of nitriles is 1. The van der Waals surface area contributed by atoms with E-state index in [2.05, 4.69) is 66.5 Å². The number of halogens is 4. The molecule has 1 saturated heterocycles. The van der Waals surface area contributed by atoms with Crippen molar-refractivity contribution in [2.75, 3.05) is 32.8 Å². The minimum absolute atomic E-state index is 0.138. The van der Waals surface area contributed by atoms with Crippen molar-refractivity contribution in [3.05, 3.63) is 94.3 Å². The van der Waals surface area contributed by atoms with Crippen molar-refractivity contribution in [1.29, 1.82) is 5.26 Å². The molecule has 0 spiro atoms. The van der Waals surface area contributed by atoms with Crippen LogP contribution in [0.2, 0.25) is 0 Å². The number of carbonyl (C=O) groups excluding carboxylic acids is 1. The number of hydrogen-bond donors (Lipinski definition) is 2. The molecule has 0 aromatic heterocycles. The summed E-state index contributed by atoms with van der Waals surface area (Å²) in [5, 5.41) is 8.90. The highest BCUT2D eigenvalue weighted by Crippen LogP contribution is 2.31. The third-order valence-corrected chi connectivity index (χ3v) is 7.91. The number of hydrogen-bond acceptors (Lipinski definition) is 8. The number of rotatable bonds is 12. The molecule has 0 saturated carbocycles. The fraction of sp³-hybridized carbons (Fsp3) is 0.488. The van der Waals surface area contributed by atoms with E-state index in [-0.39, 0.29) is 19.6 Å². The molecule has 3 aromatic carbocycles. The zero-order valence-electron chi connectivity index (χ0n) is 32.6. The average Bonchev–Trinajstić information content (AvgIpc) is 3.11. The van der Waals surface area contributed by atoms with Gasteiger partial charge in [-0.1, -0.05) is 44.2 Å². The number of aliphatic imine (C=N–C) groups is 1. The van der Waals surface area contributed by atoms with Gasteiger partial charge < -0.3 is 20.9 Å². The minimum atomic E-state index is -4.45. The first-order chi connectivity index (χ1) is 25.5. The molecule has 0 atom stereocenters. The number of alkyl halides is 3. The largest absolute Gasteiger partial charge is 0.522 e. The molecule has 0 bridgehead atoms. The van der Waals surface area contributed by atoms with Crippen LogP contribution < -0.4 is 16.2 Å². The van der Waals surface area contributed by atoms with Gasteiger partial charge in [-0.2, -0.15) is 5.26 Å². The van der Waals surface area contributed by atoms with Crippen LogP contribution in [0.15, 0.2) is 65.7 Å². The van der Waals surface area contributed by atoms with Crippen molar-refractivity contribution in [1.82, 2.24) is 4.90 Å². The molecule has 4 rings (SSSR count). The Morgan fingerprint density at radius 2 is 1.70 bits per heavy atom. The lowest BCUT2D eigenvalue weighted by molar-refractivity contribution is -0.324. The van der Waals surface area contributed by atoms with Gasteiger partial charge in [-0.15, -0.1) is 13.2 Å². The fourth-order valence-electron chi connectivity index (χ4n) is 5.39. The number of likely N-dealkylation sites (tertiary alicyclic amines) is 1. The van der Waals surface area contributed by atoms with Gasteiger partial charge in [0.05, 0.1) is 23.9 Å². The van der Waals surface area contributed by atoms with Gasteiger partial charge in [0, 0.05) is 24.4 Å². The van der Waals surface area contributed by atoms with Crippen LogP contribution in [0, 0.1) is 24.1 Å². The minimum Gasteiger partial charge on any atom is -0.489 e. The van der Waals surface area contributed by atoms with E-state index in [1.54, 1.807) is 19.1 Å². The molecule has 298 valence electrons. The quantitative estimate of drug-likeness (QED) is 0.0815. The smallest absolute Gasteiger partial charge is 0.489 e. The van der Waals surface area contributed by atoms with Gasteiger partial charge in [-0.3, -0.25) is 19.4 Å². The molecule has 1 aliphatic rings. The second-order valence-corrected chi connectivity index (χ2v) is 13.1. The Bertz CT molecular complexity index is 1610. The lowest BCUT2D eigenvalue weighted by Crippen LogP contribution is -2.36. The Balaban J connectivity index is 0.000000671. The van der Waals surface area contributed by atoms with Gasteiger partial charge >= 0.3 is 6.36 Å². The van der Waals surface area contributed by atoms with E-state index in [9.17, 15) is 17.6 Å². The highest BCUT2D eigenvalue weighted by atomic mass is 19.4. The lowest BCUT2D eigenvalue weighted by Gasteiger charge is -2.32. The van der Waals surface area contributed by atoms with Crippen LogP contribution in [0.5, 0.6) is 5.75 Å². The molecule has 1 heterocycles. The molecular formula is C41H57F4N5O4. The molecule has 9 nitrogen and oxygen atoms in total. The van der Waals surface area contributed by atoms with Gasteiger partial charge in [0.1, 0.15) is 23.9 Å². The molecule has 1 aliphatic heterocycles. The number of piperidine rings is 1. The van der Waals surface area contributed by atoms with Crippen LogP contribution in [-0.4, -0.2) is 62.0 Å². The Morgan fingerprint density at radius 1 is 1.04 bits per heavy atom. The third kappa shape index (κ3) is 20.2. The molecule has 54 heavy (non-hydrogen) atoms. The van der Waals surface area contributed by atoms with Crippen LogP contribution in [-0.2, 0) is 27.3 Å². The van der Waals surface area contributed by atoms with Gasteiger partial charge in [0.2, 0.25) is 6.41 Å². The average molecular weight is 760 g/mol. The maximum atomic E-state index is 14.2. The van der Waals surface area contributed by atoms with Gasteiger partial charge in [-0.25, -0.2) is 4.39 Å². The third-order valence-electron chi connectivity index (χ3n) is 7.91. The normalized spacial score (nSPS) is 13.6. The molecule has 0 aliphatic carbocycles. The number of nitrogens with zero attached hydrogens (tertiary/aromatic N) is 3. The molecule has 1 fully saturated rings. The van der Waals surface area contributed by atoms with Crippen molar-refractivity contribution in [2.45, 2.75) is 98.8 Å².